The summed E-state index contributed by atoms with van der Waals surface area (Å²) in [5.74, 6) is 0.0225. The lowest BCUT2D eigenvalue weighted by Gasteiger charge is -2.37. The molecule has 34 heavy (non-hydrogen) atoms. The maximum Gasteiger partial charge on any atom is 0.573 e. The summed E-state index contributed by atoms with van der Waals surface area (Å²) in [6, 6.07) is 3.86. The number of nitrogens with two attached hydrogens (primary N) is 1. The topological polar surface area (TPSA) is 72.4 Å². The second-order valence-electron chi connectivity index (χ2n) is 9.67. The van der Waals surface area contributed by atoms with Crippen LogP contribution in [0.3, 0.4) is 0 Å². The smallest absolute Gasteiger partial charge is 0.402 e. The van der Waals surface area contributed by atoms with E-state index in [4.69, 9.17) is 10.8 Å². The second-order valence-corrected chi connectivity index (χ2v) is 9.67. The van der Waals surface area contributed by atoms with Gasteiger partial charge in [-0.25, -0.2) is 4.98 Å². The van der Waals surface area contributed by atoms with Crippen molar-refractivity contribution in [1.82, 2.24) is 24.6 Å². The van der Waals surface area contributed by atoms with Crippen LogP contribution in [0.25, 0.3) is 11.3 Å². The van der Waals surface area contributed by atoms with Crippen LogP contribution in [-0.2, 0) is 0 Å². The molecule has 3 heterocycles. The summed E-state index contributed by atoms with van der Waals surface area (Å²) in [6.07, 6.45) is 0.162. The number of aromatic nitrogens is 3. The normalized spacial score (nSPS) is 25.5. The third-order valence-corrected chi connectivity index (χ3v) is 7.26. The van der Waals surface area contributed by atoms with Gasteiger partial charge in [0.2, 0.25) is 0 Å². The van der Waals surface area contributed by atoms with Gasteiger partial charge in [0.25, 0.3) is 0 Å². The lowest BCUT2D eigenvalue weighted by Crippen LogP contribution is -2.49. The number of ether oxygens (including phenoxy) is 1. The molecule has 2 aromatic heterocycles. The number of alkyl halides is 3. The fourth-order valence-electron chi connectivity index (χ4n) is 5.43. The first-order chi connectivity index (χ1) is 16.1. The van der Waals surface area contributed by atoms with E-state index in [1.807, 2.05) is 10.7 Å². The van der Waals surface area contributed by atoms with Gasteiger partial charge in [0.1, 0.15) is 0 Å². The number of piperazine rings is 1. The zero-order valence-electron chi connectivity index (χ0n) is 19.7. The molecule has 1 saturated carbocycles. The van der Waals surface area contributed by atoms with Crippen molar-refractivity contribution < 1.29 is 17.9 Å². The van der Waals surface area contributed by atoms with Crippen molar-refractivity contribution in [3.05, 3.63) is 35.7 Å². The fourth-order valence-corrected chi connectivity index (χ4v) is 5.43. The molecule has 2 aliphatic carbocycles. The number of allylic oxidation sites excluding steroid dienone is 1. The number of hydrogen-bond acceptors (Lipinski definition) is 6. The van der Waals surface area contributed by atoms with Crippen molar-refractivity contribution in [3.63, 3.8) is 0 Å². The van der Waals surface area contributed by atoms with Crippen LogP contribution in [0.15, 0.2) is 30.0 Å². The third kappa shape index (κ3) is 4.40. The van der Waals surface area contributed by atoms with Crippen LogP contribution in [0.5, 0.6) is 5.75 Å². The Hall–Kier alpha value is -2.59. The molecule has 2 aromatic rings. The predicted octanol–water partition coefficient (Wildman–Crippen LogP) is 4.06. The van der Waals surface area contributed by atoms with Crippen LogP contribution >= 0.6 is 0 Å². The second kappa shape index (κ2) is 8.57. The molecule has 3 atom stereocenters. The van der Waals surface area contributed by atoms with Crippen molar-refractivity contribution in [2.75, 3.05) is 38.5 Å². The van der Waals surface area contributed by atoms with E-state index in [0.29, 0.717) is 29.1 Å². The molecule has 0 amide bonds. The molecule has 2 fully saturated rings. The molecule has 10 heteroatoms. The first kappa shape index (κ1) is 23.2. The minimum absolute atomic E-state index is 0.122. The maximum absolute atomic E-state index is 12.7. The number of rotatable bonds is 6. The van der Waals surface area contributed by atoms with E-state index in [2.05, 4.69) is 46.4 Å². The molecule has 0 spiro atoms. The quantitative estimate of drug-likeness (QED) is 0.634. The number of likely N-dealkylation sites (N-methyl/N-ethyl adjacent to an activating group) is 1. The van der Waals surface area contributed by atoms with E-state index >= 15 is 0 Å². The largest absolute Gasteiger partial charge is 0.573 e. The summed E-state index contributed by atoms with van der Waals surface area (Å²) < 4.78 is 44.2. The minimum Gasteiger partial charge on any atom is -0.402 e. The molecule has 0 aromatic carbocycles. The molecule has 0 bridgehead atoms. The lowest BCUT2D eigenvalue weighted by molar-refractivity contribution is -0.274. The molecule has 3 aliphatic rings. The van der Waals surface area contributed by atoms with Gasteiger partial charge >= 0.3 is 6.36 Å². The van der Waals surface area contributed by atoms with Crippen molar-refractivity contribution >= 4 is 5.82 Å². The Morgan fingerprint density at radius 2 is 1.91 bits per heavy atom. The van der Waals surface area contributed by atoms with Crippen molar-refractivity contribution in [2.24, 2.45) is 5.92 Å². The Morgan fingerprint density at radius 3 is 2.50 bits per heavy atom. The van der Waals surface area contributed by atoms with Crippen LogP contribution in [0.1, 0.15) is 44.8 Å². The van der Waals surface area contributed by atoms with Crippen LogP contribution in [-0.4, -0.2) is 69.7 Å². The Morgan fingerprint density at radius 1 is 1.18 bits per heavy atom. The van der Waals surface area contributed by atoms with E-state index in [-0.39, 0.29) is 11.9 Å². The number of anilines is 1. The zero-order chi connectivity index (χ0) is 24.2. The van der Waals surface area contributed by atoms with Crippen molar-refractivity contribution in [1.29, 1.82) is 0 Å². The highest BCUT2D eigenvalue weighted by Crippen LogP contribution is 2.60. The van der Waals surface area contributed by atoms with Crippen molar-refractivity contribution in [3.8, 4) is 17.0 Å². The molecule has 1 saturated heterocycles. The van der Waals surface area contributed by atoms with E-state index in [0.717, 1.165) is 44.8 Å². The molecule has 1 aliphatic heterocycles. The van der Waals surface area contributed by atoms with E-state index in [1.54, 1.807) is 0 Å². The Balaban J connectivity index is 1.36. The summed E-state index contributed by atoms with van der Waals surface area (Å²) in [6.45, 7) is 11.9. The average molecular weight is 477 g/mol. The summed E-state index contributed by atoms with van der Waals surface area (Å²) in [7, 11) is 0. The molecule has 2 N–H and O–H groups in total. The number of nitrogen functional groups attached to an aromatic ring is 1. The molecular formula is C24H31F3N6O. The van der Waals surface area contributed by atoms with Gasteiger partial charge in [0.05, 0.1) is 5.69 Å². The van der Waals surface area contributed by atoms with Crippen LogP contribution in [0, 0.1) is 5.92 Å². The molecule has 7 nitrogen and oxygen atoms in total. The molecule has 0 radical (unpaired) electrons. The summed E-state index contributed by atoms with van der Waals surface area (Å²) in [4.78, 5) is 8.98. The number of hydrogen-bond donors (Lipinski definition) is 1. The first-order valence-electron chi connectivity index (χ1n) is 11.9. The van der Waals surface area contributed by atoms with Gasteiger partial charge in [-0.2, -0.15) is 5.10 Å². The first-order valence-corrected chi connectivity index (χ1v) is 11.9. The third-order valence-electron chi connectivity index (χ3n) is 7.26. The van der Waals surface area contributed by atoms with Gasteiger partial charge in [-0.05, 0) is 44.9 Å². The number of nitrogens with zero attached hydrogens (tertiary/aromatic N) is 5. The van der Waals surface area contributed by atoms with Crippen molar-refractivity contribution in [2.45, 2.75) is 51.6 Å². The summed E-state index contributed by atoms with van der Waals surface area (Å²) in [5, 5.41) is 4.72. The van der Waals surface area contributed by atoms with Crippen LogP contribution < -0.4 is 10.5 Å². The lowest BCUT2D eigenvalue weighted by atomic mass is 10.0. The Bertz CT molecular complexity index is 1090. The summed E-state index contributed by atoms with van der Waals surface area (Å²) >= 11 is 0. The number of halogens is 3. The Labute approximate surface area is 197 Å². The highest BCUT2D eigenvalue weighted by molar-refractivity contribution is 5.65. The van der Waals surface area contributed by atoms with Crippen LogP contribution in [0.4, 0.5) is 19.0 Å². The van der Waals surface area contributed by atoms with E-state index in [9.17, 15) is 13.2 Å². The number of pyridine rings is 1. The van der Waals surface area contributed by atoms with E-state index in [1.165, 1.54) is 17.8 Å². The van der Waals surface area contributed by atoms with Gasteiger partial charge in [0, 0.05) is 61.6 Å². The predicted molar refractivity (Wildman–Crippen MR) is 123 cm³/mol. The van der Waals surface area contributed by atoms with Crippen LogP contribution in [0.2, 0.25) is 0 Å². The van der Waals surface area contributed by atoms with Gasteiger partial charge in [-0.15, -0.1) is 13.2 Å². The van der Waals surface area contributed by atoms with E-state index < -0.39 is 12.1 Å². The van der Waals surface area contributed by atoms with Gasteiger partial charge in [-0.3, -0.25) is 9.58 Å². The average Bonchev–Trinajstić information content (AvgIpc) is 3.14. The molecule has 1 unspecified atom stereocenters. The SMILES string of the molecule is CCN1CCN(C2C=C3[C@@H](C2)[C@@H]3c2cc(-c3cnc(N)c(OC(F)(F)F)c3)nn2C(C)C)CC1. The summed E-state index contributed by atoms with van der Waals surface area (Å²) in [5.41, 5.74) is 9.18. The molecular weight excluding hydrogens is 445 g/mol. The molecule has 5 rings (SSSR count). The standard InChI is InChI=1S/C24H31F3N6O/c1-4-31-5-7-32(8-6-31)16-10-17-18(11-16)22(17)20-12-19(30-33(20)14(2)3)15-9-21(23(28)29-13-15)34-24(25,26)27/h9-10,12-14,16,18,22H,4-8,11H2,1-3H3,(H2,28,29)/t16?,18-,22-/m1/s1. The minimum atomic E-state index is -4.84. The van der Waals surface area contributed by atoms with Gasteiger partial charge in [-0.1, -0.05) is 18.6 Å². The van der Waals surface area contributed by atoms with Gasteiger partial charge < -0.3 is 15.4 Å². The number of fused-ring (bicyclic) bond motifs is 1. The monoisotopic (exact) mass is 476 g/mol. The fraction of sp³-hybridized carbons (Fsp3) is 0.583. The zero-order valence-corrected chi connectivity index (χ0v) is 19.7. The van der Waals surface area contributed by atoms with Gasteiger partial charge in [0.15, 0.2) is 11.6 Å². The highest BCUT2D eigenvalue weighted by atomic mass is 19.4. The Kier molecular flexibility index (Phi) is 5.84. The molecule has 184 valence electrons. The maximum atomic E-state index is 12.7. The highest BCUT2D eigenvalue weighted by Gasteiger charge is 2.52.